The third-order valence-corrected chi connectivity index (χ3v) is 4.20. The van der Waals surface area contributed by atoms with Crippen molar-refractivity contribution >= 4 is 11.6 Å². The Morgan fingerprint density at radius 3 is 2.75 bits per heavy atom. The van der Waals surface area contributed by atoms with E-state index in [4.69, 9.17) is 4.52 Å². The van der Waals surface area contributed by atoms with E-state index >= 15 is 0 Å². The molecule has 0 aliphatic carbocycles. The van der Waals surface area contributed by atoms with Crippen molar-refractivity contribution in [3.8, 4) is 0 Å². The standard InChI is InChI=1S/C19H17F3N4O2/c1-11(8-16-12(2)10-28-26-16)13-4-3-5-14(9-13)24-17(27)15-6-7-23-18(25-15)19(20,21)22/h3-7,9-11H,8H2,1-2H3,(H,24,27). The van der Waals surface area contributed by atoms with Crippen molar-refractivity contribution in [2.24, 2.45) is 0 Å². The van der Waals surface area contributed by atoms with Gasteiger partial charge in [-0.25, -0.2) is 9.97 Å². The first-order valence-electron chi connectivity index (χ1n) is 8.45. The molecule has 1 aromatic carbocycles. The normalized spacial score (nSPS) is 12.6. The van der Waals surface area contributed by atoms with Crippen molar-refractivity contribution in [2.45, 2.75) is 32.4 Å². The van der Waals surface area contributed by atoms with E-state index in [1.54, 1.807) is 24.5 Å². The van der Waals surface area contributed by atoms with Gasteiger partial charge < -0.3 is 9.84 Å². The quantitative estimate of drug-likeness (QED) is 0.699. The summed E-state index contributed by atoms with van der Waals surface area (Å²) >= 11 is 0. The zero-order valence-corrected chi connectivity index (χ0v) is 15.1. The zero-order chi connectivity index (χ0) is 20.3. The van der Waals surface area contributed by atoms with Crippen LogP contribution < -0.4 is 5.32 Å². The van der Waals surface area contributed by atoms with Gasteiger partial charge in [-0.1, -0.05) is 24.2 Å². The van der Waals surface area contributed by atoms with Crippen LogP contribution in [-0.2, 0) is 12.6 Å². The van der Waals surface area contributed by atoms with Crippen LogP contribution in [-0.4, -0.2) is 21.0 Å². The molecule has 6 nitrogen and oxygen atoms in total. The first-order chi connectivity index (χ1) is 13.2. The maximum absolute atomic E-state index is 12.7. The molecule has 1 N–H and O–H groups in total. The van der Waals surface area contributed by atoms with E-state index < -0.39 is 17.9 Å². The molecule has 2 heterocycles. The van der Waals surface area contributed by atoms with Gasteiger partial charge in [0.1, 0.15) is 12.0 Å². The lowest BCUT2D eigenvalue weighted by Gasteiger charge is -2.13. The first-order valence-corrected chi connectivity index (χ1v) is 8.45. The molecule has 0 fully saturated rings. The minimum Gasteiger partial charge on any atom is -0.364 e. The number of alkyl halides is 3. The van der Waals surface area contributed by atoms with Gasteiger partial charge in [-0.3, -0.25) is 4.79 Å². The summed E-state index contributed by atoms with van der Waals surface area (Å²) in [6.07, 6.45) is -1.58. The van der Waals surface area contributed by atoms with E-state index in [0.29, 0.717) is 12.1 Å². The van der Waals surface area contributed by atoms with Gasteiger partial charge in [0.05, 0.1) is 5.69 Å². The highest BCUT2D eigenvalue weighted by Gasteiger charge is 2.35. The van der Waals surface area contributed by atoms with Gasteiger partial charge in [0.2, 0.25) is 5.82 Å². The predicted octanol–water partition coefficient (Wildman–Crippen LogP) is 4.39. The zero-order valence-electron chi connectivity index (χ0n) is 15.1. The fourth-order valence-electron chi connectivity index (χ4n) is 2.65. The second-order valence-electron chi connectivity index (χ2n) is 6.39. The molecule has 0 bridgehead atoms. The number of hydrogen-bond acceptors (Lipinski definition) is 5. The molecule has 146 valence electrons. The van der Waals surface area contributed by atoms with Crippen LogP contribution >= 0.6 is 0 Å². The maximum atomic E-state index is 12.7. The molecule has 0 spiro atoms. The second-order valence-corrected chi connectivity index (χ2v) is 6.39. The lowest BCUT2D eigenvalue weighted by molar-refractivity contribution is -0.145. The Labute approximate surface area is 158 Å². The van der Waals surface area contributed by atoms with E-state index in [0.717, 1.165) is 29.1 Å². The molecule has 0 aliphatic rings. The molecule has 0 saturated carbocycles. The van der Waals surface area contributed by atoms with Crippen molar-refractivity contribution in [1.82, 2.24) is 15.1 Å². The lowest BCUT2D eigenvalue weighted by atomic mass is 9.95. The molecule has 0 saturated heterocycles. The minimum atomic E-state index is -4.72. The van der Waals surface area contributed by atoms with Crippen molar-refractivity contribution in [3.63, 3.8) is 0 Å². The van der Waals surface area contributed by atoms with E-state index in [2.05, 4.69) is 20.4 Å². The fraction of sp³-hybridized carbons (Fsp3) is 0.263. The van der Waals surface area contributed by atoms with Crippen LogP contribution in [0.25, 0.3) is 0 Å². The molecule has 3 rings (SSSR count). The fourth-order valence-corrected chi connectivity index (χ4v) is 2.65. The molecular weight excluding hydrogens is 373 g/mol. The van der Waals surface area contributed by atoms with Gasteiger partial charge in [0.15, 0.2) is 0 Å². The Balaban J connectivity index is 1.74. The summed E-state index contributed by atoms with van der Waals surface area (Å²) in [5, 5.41) is 6.54. The first kappa shape index (κ1) is 19.5. The summed E-state index contributed by atoms with van der Waals surface area (Å²) < 4.78 is 43.1. The number of carbonyl (C=O) groups excluding carboxylic acids is 1. The van der Waals surface area contributed by atoms with Crippen LogP contribution in [0, 0.1) is 6.92 Å². The molecule has 1 amide bonds. The van der Waals surface area contributed by atoms with E-state index in [1.165, 1.54) is 0 Å². The molecule has 1 atom stereocenters. The number of anilines is 1. The number of hydrogen-bond donors (Lipinski definition) is 1. The predicted molar refractivity (Wildman–Crippen MR) is 94.8 cm³/mol. The van der Waals surface area contributed by atoms with Crippen molar-refractivity contribution in [2.75, 3.05) is 5.32 Å². The number of nitrogens with one attached hydrogen (secondary N) is 1. The molecule has 3 aromatic rings. The maximum Gasteiger partial charge on any atom is 0.451 e. The topological polar surface area (TPSA) is 80.9 Å². The van der Waals surface area contributed by atoms with Gasteiger partial charge in [0.25, 0.3) is 5.91 Å². The molecule has 2 aromatic heterocycles. The summed E-state index contributed by atoms with van der Waals surface area (Å²) in [4.78, 5) is 18.7. The van der Waals surface area contributed by atoms with Gasteiger partial charge in [0, 0.05) is 17.4 Å². The number of amides is 1. The van der Waals surface area contributed by atoms with Gasteiger partial charge in [-0.2, -0.15) is 13.2 Å². The molecule has 28 heavy (non-hydrogen) atoms. The lowest BCUT2D eigenvalue weighted by Crippen LogP contribution is -2.18. The Bertz CT molecular complexity index is 985. The third kappa shape index (κ3) is 4.54. The van der Waals surface area contributed by atoms with E-state index in [1.807, 2.05) is 19.9 Å². The highest BCUT2D eigenvalue weighted by Crippen LogP contribution is 2.26. The molecular formula is C19H17F3N4O2. The smallest absolute Gasteiger partial charge is 0.364 e. The summed E-state index contributed by atoms with van der Waals surface area (Å²) in [7, 11) is 0. The number of nitrogens with zero attached hydrogens (tertiary/aromatic N) is 3. The van der Waals surface area contributed by atoms with Crippen LogP contribution in [0.3, 0.4) is 0 Å². The van der Waals surface area contributed by atoms with Gasteiger partial charge >= 0.3 is 6.18 Å². The summed E-state index contributed by atoms with van der Waals surface area (Å²) in [5.41, 5.74) is 2.85. The number of halogens is 3. The third-order valence-electron chi connectivity index (χ3n) is 4.20. The largest absolute Gasteiger partial charge is 0.451 e. The van der Waals surface area contributed by atoms with Crippen LogP contribution in [0.15, 0.2) is 47.3 Å². The van der Waals surface area contributed by atoms with Crippen molar-refractivity contribution in [1.29, 1.82) is 0 Å². The number of benzene rings is 1. The molecule has 0 aliphatic heterocycles. The van der Waals surface area contributed by atoms with Crippen LogP contribution in [0.5, 0.6) is 0 Å². The SMILES string of the molecule is Cc1conc1CC(C)c1cccc(NC(=O)c2ccnc(C(F)(F)F)n2)c1. The van der Waals surface area contributed by atoms with Crippen molar-refractivity contribution in [3.05, 3.63) is 71.1 Å². The Morgan fingerprint density at radius 1 is 1.29 bits per heavy atom. The Morgan fingerprint density at radius 2 is 2.07 bits per heavy atom. The van der Waals surface area contributed by atoms with Gasteiger partial charge in [-0.15, -0.1) is 0 Å². The Kier molecular flexibility index (Phi) is 5.43. The summed E-state index contributed by atoms with van der Waals surface area (Å²) in [6.45, 7) is 3.92. The van der Waals surface area contributed by atoms with Gasteiger partial charge in [-0.05, 0) is 43.0 Å². The minimum absolute atomic E-state index is 0.0940. The molecule has 9 heteroatoms. The summed E-state index contributed by atoms with van der Waals surface area (Å²) in [5.74, 6) is -2.01. The number of rotatable bonds is 5. The molecule has 0 radical (unpaired) electrons. The monoisotopic (exact) mass is 390 g/mol. The highest BCUT2D eigenvalue weighted by atomic mass is 19.4. The Hall–Kier alpha value is -3.23. The number of aromatic nitrogens is 3. The molecule has 1 unspecified atom stereocenters. The summed E-state index contributed by atoms with van der Waals surface area (Å²) in [6, 6.07) is 8.22. The van der Waals surface area contributed by atoms with Crippen molar-refractivity contribution < 1.29 is 22.5 Å². The van der Waals surface area contributed by atoms with Crippen LogP contribution in [0.4, 0.5) is 18.9 Å². The number of aryl methyl sites for hydroxylation is 1. The van der Waals surface area contributed by atoms with Crippen LogP contribution in [0.2, 0.25) is 0 Å². The highest BCUT2D eigenvalue weighted by molar-refractivity contribution is 6.02. The number of carbonyl (C=O) groups is 1. The van der Waals surface area contributed by atoms with Crippen LogP contribution in [0.1, 0.15) is 46.0 Å². The average molecular weight is 390 g/mol. The second kappa shape index (κ2) is 7.79. The average Bonchev–Trinajstić information content (AvgIpc) is 3.06. The van der Waals surface area contributed by atoms with E-state index in [9.17, 15) is 18.0 Å². The van der Waals surface area contributed by atoms with E-state index in [-0.39, 0.29) is 11.6 Å².